The van der Waals surface area contributed by atoms with Crippen molar-refractivity contribution in [1.29, 1.82) is 0 Å². The predicted molar refractivity (Wildman–Crippen MR) is 77.9 cm³/mol. The highest BCUT2D eigenvalue weighted by atomic mass is 16.1. The quantitative estimate of drug-likeness (QED) is 0.473. The third kappa shape index (κ3) is 2.11. The minimum absolute atomic E-state index is 0.190. The molecule has 2 aromatic carbocycles. The SMILES string of the molecule is [N-]=[N+]=CC(=O)C1C(c2ccccc2)=C1c1ccccc1. The van der Waals surface area contributed by atoms with E-state index in [0.29, 0.717) is 0 Å². The lowest BCUT2D eigenvalue weighted by Gasteiger charge is -1.94. The van der Waals surface area contributed by atoms with Crippen LogP contribution in [0.1, 0.15) is 11.1 Å². The van der Waals surface area contributed by atoms with E-state index in [2.05, 4.69) is 4.79 Å². The van der Waals surface area contributed by atoms with Crippen LogP contribution >= 0.6 is 0 Å². The van der Waals surface area contributed by atoms with Crippen molar-refractivity contribution in [1.82, 2.24) is 0 Å². The van der Waals surface area contributed by atoms with E-state index in [1.165, 1.54) is 0 Å². The first kappa shape index (κ1) is 12.3. The van der Waals surface area contributed by atoms with Crippen LogP contribution in [0, 0.1) is 5.92 Å². The molecule has 1 aliphatic rings. The molecule has 0 aliphatic heterocycles. The van der Waals surface area contributed by atoms with Gasteiger partial charge in [-0.25, -0.2) is 0 Å². The summed E-state index contributed by atoms with van der Waals surface area (Å²) in [4.78, 5) is 14.9. The van der Waals surface area contributed by atoms with Gasteiger partial charge in [-0.15, -0.1) is 0 Å². The van der Waals surface area contributed by atoms with Crippen molar-refractivity contribution in [2.24, 2.45) is 5.92 Å². The smallest absolute Gasteiger partial charge is 0.324 e. The monoisotopic (exact) mass is 260 g/mol. The fraction of sp³-hybridized carbons (Fsp3) is 0.0588. The van der Waals surface area contributed by atoms with Gasteiger partial charge in [0.25, 0.3) is 0 Å². The van der Waals surface area contributed by atoms with Crippen molar-refractivity contribution in [3.05, 3.63) is 77.3 Å². The molecule has 0 aromatic heterocycles. The summed E-state index contributed by atoms with van der Waals surface area (Å²) in [7, 11) is 0. The Labute approximate surface area is 116 Å². The fourth-order valence-electron chi connectivity index (χ4n) is 2.52. The van der Waals surface area contributed by atoms with Crippen molar-refractivity contribution in [2.75, 3.05) is 0 Å². The molecule has 2 aromatic rings. The maximum Gasteiger partial charge on any atom is 0.324 e. The number of benzene rings is 2. The lowest BCUT2D eigenvalue weighted by molar-refractivity contribution is -0.116. The lowest BCUT2D eigenvalue weighted by Crippen LogP contribution is -2.06. The van der Waals surface area contributed by atoms with Gasteiger partial charge < -0.3 is 5.53 Å². The third-order valence-corrected chi connectivity index (χ3v) is 3.42. The molecule has 0 spiro atoms. The molecule has 0 N–H and O–H groups in total. The topological polar surface area (TPSA) is 53.5 Å². The van der Waals surface area contributed by atoms with E-state index in [0.717, 1.165) is 28.5 Å². The van der Waals surface area contributed by atoms with E-state index in [-0.39, 0.29) is 11.7 Å². The van der Waals surface area contributed by atoms with E-state index in [1.54, 1.807) is 0 Å². The van der Waals surface area contributed by atoms with E-state index in [9.17, 15) is 4.79 Å². The minimum atomic E-state index is -0.296. The number of nitrogens with zero attached hydrogens (tertiary/aromatic N) is 2. The minimum Gasteiger partial charge on any atom is -0.361 e. The molecule has 0 atom stereocenters. The first-order valence-corrected chi connectivity index (χ1v) is 6.39. The van der Waals surface area contributed by atoms with Crippen molar-refractivity contribution >= 4 is 23.1 Å². The van der Waals surface area contributed by atoms with Gasteiger partial charge in [0.05, 0.1) is 5.92 Å². The van der Waals surface area contributed by atoms with Crippen molar-refractivity contribution in [3.63, 3.8) is 0 Å². The van der Waals surface area contributed by atoms with Crippen LogP contribution in [0.15, 0.2) is 60.7 Å². The van der Waals surface area contributed by atoms with E-state index in [4.69, 9.17) is 5.53 Å². The van der Waals surface area contributed by atoms with Gasteiger partial charge in [-0.1, -0.05) is 60.7 Å². The average molecular weight is 260 g/mol. The van der Waals surface area contributed by atoms with E-state index in [1.807, 2.05) is 60.7 Å². The first-order chi connectivity index (χ1) is 9.83. The van der Waals surface area contributed by atoms with Crippen molar-refractivity contribution in [3.8, 4) is 0 Å². The number of carbonyl (C=O) groups excluding carboxylic acids is 1. The molecule has 0 radical (unpaired) electrons. The molecular formula is C17H12N2O. The second-order valence-corrected chi connectivity index (χ2v) is 4.64. The Balaban J connectivity index is 2.04. The summed E-state index contributed by atoms with van der Waals surface area (Å²) < 4.78 is 0. The van der Waals surface area contributed by atoms with Gasteiger partial charge in [0.2, 0.25) is 5.78 Å². The van der Waals surface area contributed by atoms with Gasteiger partial charge in [-0.3, -0.25) is 4.79 Å². The van der Waals surface area contributed by atoms with Gasteiger partial charge in [0, 0.05) is 0 Å². The van der Waals surface area contributed by atoms with Crippen LogP contribution in [0.4, 0.5) is 0 Å². The summed E-state index contributed by atoms with van der Waals surface area (Å²) in [6.07, 6.45) is 0.976. The first-order valence-electron chi connectivity index (χ1n) is 6.39. The van der Waals surface area contributed by atoms with E-state index < -0.39 is 0 Å². The molecule has 0 saturated carbocycles. The van der Waals surface area contributed by atoms with Crippen LogP contribution in [-0.2, 0) is 4.79 Å². The van der Waals surface area contributed by atoms with Crippen molar-refractivity contribution < 1.29 is 9.58 Å². The zero-order valence-corrected chi connectivity index (χ0v) is 10.7. The number of hydrogen-bond donors (Lipinski definition) is 0. The summed E-state index contributed by atoms with van der Waals surface area (Å²) in [5, 5.41) is 0. The van der Waals surface area contributed by atoms with Crippen LogP contribution in [0.25, 0.3) is 16.7 Å². The van der Waals surface area contributed by atoms with Gasteiger partial charge >= 0.3 is 6.21 Å². The normalized spacial score (nSPS) is 13.8. The number of allylic oxidation sites excluding steroid dienone is 2. The highest BCUT2D eigenvalue weighted by Crippen LogP contribution is 2.53. The molecule has 0 amide bonds. The van der Waals surface area contributed by atoms with Gasteiger partial charge in [-0.2, -0.15) is 4.79 Å². The van der Waals surface area contributed by atoms with Crippen LogP contribution in [0.2, 0.25) is 0 Å². The summed E-state index contributed by atoms with van der Waals surface area (Å²) in [5.41, 5.74) is 12.7. The Morgan fingerprint density at radius 2 is 1.35 bits per heavy atom. The van der Waals surface area contributed by atoms with Gasteiger partial charge in [-0.05, 0) is 22.3 Å². The summed E-state index contributed by atoms with van der Waals surface area (Å²) in [6.45, 7) is 0. The van der Waals surface area contributed by atoms with Gasteiger partial charge in [0.15, 0.2) is 0 Å². The zero-order valence-electron chi connectivity index (χ0n) is 10.7. The second kappa shape index (κ2) is 5.08. The van der Waals surface area contributed by atoms with Crippen LogP contribution in [0.3, 0.4) is 0 Å². The predicted octanol–water partition coefficient (Wildman–Crippen LogP) is 3.10. The standard InChI is InChI=1S/C17H12N2O/c18-19-11-14(20)17-15(12-7-3-1-4-8-12)16(17)13-9-5-2-6-10-13/h1-11,17H. The molecule has 3 rings (SSSR count). The summed E-state index contributed by atoms with van der Waals surface area (Å²) in [6, 6.07) is 19.6. The Kier molecular flexibility index (Phi) is 3.12. The van der Waals surface area contributed by atoms with Crippen LogP contribution in [0.5, 0.6) is 0 Å². The zero-order chi connectivity index (χ0) is 13.9. The largest absolute Gasteiger partial charge is 0.361 e. The Morgan fingerprint density at radius 1 is 0.900 bits per heavy atom. The van der Waals surface area contributed by atoms with Gasteiger partial charge in [0.1, 0.15) is 0 Å². The Morgan fingerprint density at radius 3 is 1.75 bits per heavy atom. The van der Waals surface area contributed by atoms with E-state index >= 15 is 0 Å². The second-order valence-electron chi connectivity index (χ2n) is 4.64. The number of Topliss-reactive ketones (excluding diaryl/α,β-unsaturated/α-hetero) is 1. The molecule has 3 nitrogen and oxygen atoms in total. The molecule has 0 unspecified atom stereocenters. The fourth-order valence-corrected chi connectivity index (χ4v) is 2.52. The Bertz CT molecular complexity index is 677. The number of rotatable bonds is 4. The molecular weight excluding hydrogens is 248 g/mol. The molecule has 0 bridgehead atoms. The van der Waals surface area contributed by atoms with Crippen LogP contribution in [-0.4, -0.2) is 16.8 Å². The lowest BCUT2D eigenvalue weighted by atomic mass is 10.1. The maximum atomic E-state index is 12.0. The van der Waals surface area contributed by atoms with Crippen molar-refractivity contribution in [2.45, 2.75) is 0 Å². The molecule has 96 valence electrons. The van der Waals surface area contributed by atoms with Crippen LogP contribution < -0.4 is 0 Å². The summed E-state index contributed by atoms with van der Waals surface area (Å²) in [5.74, 6) is -0.485. The number of ketones is 1. The average Bonchev–Trinajstić information content (AvgIpc) is 3.25. The molecule has 20 heavy (non-hydrogen) atoms. The molecule has 0 saturated heterocycles. The highest BCUT2D eigenvalue weighted by Gasteiger charge is 2.44. The Hall–Kier alpha value is -2.77. The molecule has 0 fully saturated rings. The maximum absolute atomic E-state index is 12.0. The third-order valence-electron chi connectivity index (χ3n) is 3.42. The molecule has 1 aliphatic carbocycles. The number of carbonyl (C=O) groups is 1. The highest BCUT2D eigenvalue weighted by molar-refractivity contribution is 6.39. The number of hydrogen-bond acceptors (Lipinski definition) is 1. The molecule has 3 heteroatoms. The summed E-state index contributed by atoms with van der Waals surface area (Å²) >= 11 is 0. The molecule has 0 heterocycles.